The largest absolute Gasteiger partial charge is 0.487 e. The summed E-state index contributed by atoms with van der Waals surface area (Å²) < 4.78 is 7.46. The number of anilines is 1. The molecule has 0 aromatic heterocycles. The van der Waals surface area contributed by atoms with Crippen molar-refractivity contribution in [3.63, 3.8) is 0 Å². The Labute approximate surface area is 225 Å². The topological polar surface area (TPSA) is 62.1 Å². The highest BCUT2D eigenvalue weighted by molar-refractivity contribution is 9.11. The van der Waals surface area contributed by atoms with E-state index in [1.165, 1.54) is 11.5 Å². The van der Waals surface area contributed by atoms with E-state index in [0.29, 0.717) is 37.6 Å². The van der Waals surface area contributed by atoms with Crippen LogP contribution in [0.4, 0.5) is 5.69 Å². The number of nitrogens with zero attached hydrogens (tertiary/aromatic N) is 1. The Kier molecular flexibility index (Phi) is 7.92. The molecule has 0 heterocycles. The predicted octanol–water partition coefficient (Wildman–Crippen LogP) is 8.45. The molecule has 0 atom stereocenters. The van der Waals surface area contributed by atoms with Crippen LogP contribution in [-0.4, -0.2) is 5.91 Å². The number of nitrogens with one attached hydrogen (secondary N) is 1. The number of aryl methyl sites for hydroxylation is 1. The second-order valence-electron chi connectivity index (χ2n) is 7.87. The van der Waals surface area contributed by atoms with Gasteiger partial charge in [-0.15, -0.1) is 0 Å². The van der Waals surface area contributed by atoms with Crippen molar-refractivity contribution in [1.82, 2.24) is 0 Å². The molecule has 0 saturated heterocycles. The molecule has 0 aliphatic heterocycles. The van der Waals surface area contributed by atoms with Gasteiger partial charge in [0.1, 0.15) is 24.0 Å². The molecule has 174 valence electrons. The minimum absolute atomic E-state index is 0.0367. The van der Waals surface area contributed by atoms with Crippen molar-refractivity contribution in [2.75, 3.05) is 5.32 Å². The Morgan fingerprint density at radius 3 is 2.43 bits per heavy atom. The van der Waals surface area contributed by atoms with Crippen LogP contribution < -0.4 is 10.1 Å². The first kappa shape index (κ1) is 25.0. The molecule has 4 aromatic carbocycles. The third kappa shape index (κ3) is 6.12. The van der Waals surface area contributed by atoms with Crippen LogP contribution in [0.15, 0.2) is 87.3 Å². The number of amides is 1. The summed E-state index contributed by atoms with van der Waals surface area (Å²) in [5.74, 6) is 0.115. The van der Waals surface area contributed by atoms with E-state index in [0.717, 1.165) is 16.5 Å². The maximum absolute atomic E-state index is 12.6. The Morgan fingerprint density at radius 1 is 1.03 bits per heavy atom. The number of halogens is 3. The van der Waals surface area contributed by atoms with E-state index < -0.39 is 5.91 Å². The quantitative estimate of drug-likeness (QED) is 0.176. The lowest BCUT2D eigenvalue weighted by Gasteiger charge is -2.12. The Balaban J connectivity index is 1.50. The van der Waals surface area contributed by atoms with Gasteiger partial charge in [-0.2, -0.15) is 5.26 Å². The van der Waals surface area contributed by atoms with Crippen molar-refractivity contribution in [2.45, 2.75) is 13.5 Å². The maximum atomic E-state index is 12.6. The molecular weight excluding hydrogens is 592 g/mol. The van der Waals surface area contributed by atoms with Gasteiger partial charge in [0.15, 0.2) is 0 Å². The summed E-state index contributed by atoms with van der Waals surface area (Å²) in [5, 5.41) is 15.1. The number of nitriles is 1. The van der Waals surface area contributed by atoms with Crippen molar-refractivity contribution in [1.29, 1.82) is 5.26 Å². The fourth-order valence-corrected chi connectivity index (χ4v) is 5.10. The molecule has 4 nitrogen and oxygen atoms in total. The number of hydrogen-bond donors (Lipinski definition) is 1. The zero-order valence-electron chi connectivity index (χ0n) is 18.6. The first-order valence-electron chi connectivity index (χ1n) is 10.6. The summed E-state index contributed by atoms with van der Waals surface area (Å²) in [7, 11) is 0. The zero-order chi connectivity index (χ0) is 24.9. The second-order valence-corrected chi connectivity index (χ2v) is 9.99. The highest BCUT2D eigenvalue weighted by Crippen LogP contribution is 2.36. The molecule has 4 aromatic rings. The number of fused-ring (bicyclic) bond motifs is 1. The molecule has 1 amide bonds. The molecule has 0 spiro atoms. The van der Waals surface area contributed by atoms with Gasteiger partial charge in [0, 0.05) is 10.7 Å². The van der Waals surface area contributed by atoms with Crippen molar-refractivity contribution in [3.8, 4) is 11.8 Å². The molecule has 0 radical (unpaired) electrons. The van der Waals surface area contributed by atoms with Crippen LogP contribution in [0.3, 0.4) is 0 Å². The number of hydrogen-bond acceptors (Lipinski definition) is 3. The molecule has 35 heavy (non-hydrogen) atoms. The van der Waals surface area contributed by atoms with Gasteiger partial charge in [0.2, 0.25) is 0 Å². The molecule has 0 aliphatic rings. The van der Waals surface area contributed by atoms with E-state index in [2.05, 4.69) is 61.4 Å². The molecule has 0 saturated carbocycles. The van der Waals surface area contributed by atoms with E-state index in [4.69, 9.17) is 16.3 Å². The Morgan fingerprint density at radius 2 is 1.74 bits per heavy atom. The fraction of sp³-hybridized carbons (Fsp3) is 0.0714. The summed E-state index contributed by atoms with van der Waals surface area (Å²) in [6, 6.07) is 25.2. The lowest BCUT2D eigenvalue weighted by Crippen LogP contribution is -2.13. The van der Waals surface area contributed by atoms with E-state index in [1.807, 2.05) is 31.2 Å². The minimum Gasteiger partial charge on any atom is -0.487 e. The number of rotatable bonds is 6. The third-order valence-electron chi connectivity index (χ3n) is 5.32. The van der Waals surface area contributed by atoms with Gasteiger partial charge in [0.25, 0.3) is 5.91 Å². The number of ether oxygens (including phenoxy) is 1. The lowest BCUT2D eigenvalue weighted by atomic mass is 10.1. The Bertz CT molecular complexity index is 1490. The molecular formula is C28H19Br2ClN2O2. The van der Waals surface area contributed by atoms with Gasteiger partial charge in [-0.05, 0) is 103 Å². The van der Waals surface area contributed by atoms with Crippen molar-refractivity contribution < 1.29 is 9.53 Å². The van der Waals surface area contributed by atoms with Gasteiger partial charge in [-0.1, -0.05) is 54.1 Å². The molecule has 7 heteroatoms. The van der Waals surface area contributed by atoms with Crippen molar-refractivity contribution in [3.05, 3.63) is 109 Å². The molecule has 0 aliphatic carbocycles. The highest BCUT2D eigenvalue weighted by atomic mass is 79.9. The second kappa shape index (κ2) is 11.1. The first-order valence-corrected chi connectivity index (χ1v) is 12.6. The molecule has 4 rings (SSSR count). The standard InChI is InChI=1S/C28H19Br2ClN2O2/c1-17-6-9-23(14-26(17)31)33-28(34)22(15-32)11-19-12-24(29)27(25(30)13-19)35-16-18-7-8-20-4-2-3-5-21(20)10-18/h2-14H,16H2,1H3,(H,33,34)/b22-11-. The molecule has 0 fully saturated rings. The molecule has 0 bridgehead atoms. The van der Waals surface area contributed by atoms with E-state index in [1.54, 1.807) is 30.3 Å². The van der Waals surface area contributed by atoms with Gasteiger partial charge < -0.3 is 10.1 Å². The van der Waals surface area contributed by atoms with E-state index >= 15 is 0 Å². The summed E-state index contributed by atoms with van der Waals surface area (Å²) >= 11 is 13.2. The third-order valence-corrected chi connectivity index (χ3v) is 6.91. The zero-order valence-corrected chi connectivity index (χ0v) is 22.5. The highest BCUT2D eigenvalue weighted by Gasteiger charge is 2.13. The monoisotopic (exact) mass is 608 g/mol. The summed E-state index contributed by atoms with van der Waals surface area (Å²) in [6.07, 6.45) is 1.52. The minimum atomic E-state index is -0.517. The van der Waals surface area contributed by atoms with Crippen molar-refractivity contribution >= 4 is 71.9 Å². The fourth-order valence-electron chi connectivity index (χ4n) is 3.47. The lowest BCUT2D eigenvalue weighted by molar-refractivity contribution is -0.112. The van der Waals surface area contributed by atoms with Crippen LogP contribution in [0.5, 0.6) is 5.75 Å². The number of carbonyl (C=O) groups excluding carboxylic acids is 1. The smallest absolute Gasteiger partial charge is 0.266 e. The van der Waals surface area contributed by atoms with E-state index in [9.17, 15) is 10.1 Å². The Hall–Kier alpha value is -3.11. The van der Waals surface area contributed by atoms with Gasteiger partial charge in [0.05, 0.1) is 8.95 Å². The van der Waals surface area contributed by atoms with Gasteiger partial charge in [-0.3, -0.25) is 4.79 Å². The first-order chi connectivity index (χ1) is 16.8. The predicted molar refractivity (Wildman–Crippen MR) is 149 cm³/mol. The summed E-state index contributed by atoms with van der Waals surface area (Å²) in [5.41, 5.74) is 3.09. The summed E-state index contributed by atoms with van der Waals surface area (Å²) in [4.78, 5) is 12.6. The average molecular weight is 611 g/mol. The molecule has 1 N–H and O–H groups in total. The number of benzene rings is 4. The van der Waals surface area contributed by atoms with Crippen LogP contribution in [0.2, 0.25) is 5.02 Å². The normalized spacial score (nSPS) is 11.2. The SMILES string of the molecule is Cc1ccc(NC(=O)/C(C#N)=C\c2cc(Br)c(OCc3ccc4ccccc4c3)c(Br)c2)cc1Cl. The molecule has 0 unspecified atom stereocenters. The van der Waals surface area contributed by atoms with Crippen molar-refractivity contribution in [2.24, 2.45) is 0 Å². The van der Waals surface area contributed by atoms with E-state index in [-0.39, 0.29) is 5.57 Å². The summed E-state index contributed by atoms with van der Waals surface area (Å²) in [6.45, 7) is 2.27. The van der Waals surface area contributed by atoms with Gasteiger partial charge in [-0.25, -0.2) is 0 Å². The van der Waals surface area contributed by atoms with Crippen LogP contribution in [0.1, 0.15) is 16.7 Å². The van der Waals surface area contributed by atoms with Crippen LogP contribution in [0, 0.1) is 18.3 Å². The van der Waals surface area contributed by atoms with Crippen LogP contribution in [0.25, 0.3) is 16.8 Å². The van der Waals surface area contributed by atoms with Gasteiger partial charge >= 0.3 is 0 Å². The van der Waals surface area contributed by atoms with Crippen LogP contribution in [-0.2, 0) is 11.4 Å². The average Bonchev–Trinajstić information content (AvgIpc) is 2.84. The van der Waals surface area contributed by atoms with Crippen LogP contribution >= 0.6 is 43.5 Å². The number of carbonyl (C=O) groups is 1. The maximum Gasteiger partial charge on any atom is 0.266 e.